The van der Waals surface area contributed by atoms with E-state index in [2.05, 4.69) is 5.32 Å². The van der Waals surface area contributed by atoms with Gasteiger partial charge in [0.2, 0.25) is 0 Å². The maximum atomic E-state index is 9.55. The summed E-state index contributed by atoms with van der Waals surface area (Å²) in [6, 6.07) is 0. The first kappa shape index (κ1) is 16.6. The van der Waals surface area contributed by atoms with Crippen LogP contribution in [0, 0.1) is 11.8 Å². The van der Waals surface area contributed by atoms with Crippen molar-refractivity contribution in [3.05, 3.63) is 12.2 Å². The highest BCUT2D eigenvalue weighted by Gasteiger charge is 2.28. The van der Waals surface area contributed by atoms with E-state index in [1.54, 1.807) is 0 Å². The molecule has 0 bridgehead atoms. The second kappa shape index (κ2) is 8.66. The standard InChI is InChI=1S/C8H15N.C4H4O4.H2O/c1-2-4-8-6-9-5-7(8)3-1;5-3(6)1-2-4(7)8;/h7-9H,1-6H2;1-2H,(H,5,6)(H,7,8);1H2/b;2-1+;. The third-order valence-electron chi connectivity index (χ3n) is 3.25. The zero-order valence-corrected chi connectivity index (χ0v) is 10.3. The molecule has 1 aliphatic heterocycles. The van der Waals surface area contributed by atoms with Crippen molar-refractivity contribution in [3.8, 4) is 0 Å². The van der Waals surface area contributed by atoms with E-state index in [1.807, 2.05) is 0 Å². The number of hydrogen-bond donors (Lipinski definition) is 3. The SMILES string of the molecule is C1CCC2CNCC2C1.O.O=C(O)/C=C/C(=O)O. The Kier molecular flexibility index (Phi) is 7.98. The Balaban J connectivity index is 0.000000308. The van der Waals surface area contributed by atoms with E-state index in [4.69, 9.17) is 10.2 Å². The van der Waals surface area contributed by atoms with Gasteiger partial charge in [0.15, 0.2) is 0 Å². The fraction of sp³-hybridized carbons (Fsp3) is 0.667. The Morgan fingerprint density at radius 3 is 1.67 bits per heavy atom. The molecule has 2 rings (SSSR count). The van der Waals surface area contributed by atoms with Crippen molar-refractivity contribution >= 4 is 11.9 Å². The molecule has 18 heavy (non-hydrogen) atoms. The molecule has 0 aromatic rings. The number of carboxylic acids is 2. The Hall–Kier alpha value is -1.40. The molecule has 0 amide bonds. The largest absolute Gasteiger partial charge is 0.478 e. The van der Waals surface area contributed by atoms with Crippen LogP contribution in [-0.4, -0.2) is 40.7 Å². The van der Waals surface area contributed by atoms with E-state index in [0.717, 1.165) is 11.8 Å². The third-order valence-corrected chi connectivity index (χ3v) is 3.25. The maximum Gasteiger partial charge on any atom is 0.328 e. The van der Waals surface area contributed by atoms with Crippen LogP contribution >= 0.6 is 0 Å². The molecule has 1 saturated heterocycles. The number of carbonyl (C=O) groups is 2. The van der Waals surface area contributed by atoms with Crippen molar-refractivity contribution in [2.45, 2.75) is 25.7 Å². The highest BCUT2D eigenvalue weighted by atomic mass is 16.4. The van der Waals surface area contributed by atoms with E-state index < -0.39 is 11.9 Å². The molecule has 104 valence electrons. The molecule has 1 aliphatic carbocycles. The third kappa shape index (κ3) is 6.36. The van der Waals surface area contributed by atoms with E-state index >= 15 is 0 Å². The monoisotopic (exact) mass is 259 g/mol. The van der Waals surface area contributed by atoms with E-state index in [1.165, 1.54) is 38.8 Å². The lowest BCUT2D eigenvalue weighted by molar-refractivity contribution is -0.134. The number of nitrogens with one attached hydrogen (secondary N) is 1. The van der Waals surface area contributed by atoms with Gasteiger partial charge in [-0.15, -0.1) is 0 Å². The Morgan fingerprint density at radius 1 is 0.944 bits per heavy atom. The van der Waals surface area contributed by atoms with Gasteiger partial charge in [-0.25, -0.2) is 9.59 Å². The molecular weight excluding hydrogens is 238 g/mol. The summed E-state index contributed by atoms with van der Waals surface area (Å²) < 4.78 is 0. The van der Waals surface area contributed by atoms with Gasteiger partial charge >= 0.3 is 11.9 Å². The lowest BCUT2D eigenvalue weighted by atomic mass is 9.82. The van der Waals surface area contributed by atoms with Crippen LogP contribution in [0.2, 0.25) is 0 Å². The molecule has 2 fully saturated rings. The molecule has 1 saturated carbocycles. The second-order valence-corrected chi connectivity index (χ2v) is 4.47. The van der Waals surface area contributed by atoms with Gasteiger partial charge in [-0.3, -0.25) is 0 Å². The molecule has 0 radical (unpaired) electrons. The van der Waals surface area contributed by atoms with Gasteiger partial charge in [0.1, 0.15) is 0 Å². The van der Waals surface area contributed by atoms with Crippen molar-refractivity contribution in [2.24, 2.45) is 11.8 Å². The van der Waals surface area contributed by atoms with Gasteiger partial charge < -0.3 is 21.0 Å². The molecule has 2 aliphatic rings. The summed E-state index contributed by atoms with van der Waals surface area (Å²) in [5.74, 6) is -0.405. The molecule has 0 aromatic heterocycles. The predicted molar refractivity (Wildman–Crippen MR) is 66.3 cm³/mol. The average Bonchev–Trinajstić information content (AvgIpc) is 2.75. The van der Waals surface area contributed by atoms with Gasteiger partial charge in [0.05, 0.1) is 0 Å². The summed E-state index contributed by atoms with van der Waals surface area (Å²) >= 11 is 0. The molecule has 0 spiro atoms. The van der Waals surface area contributed by atoms with Gasteiger partial charge in [-0.2, -0.15) is 0 Å². The molecule has 2 atom stereocenters. The van der Waals surface area contributed by atoms with E-state index in [0.29, 0.717) is 12.2 Å². The molecule has 0 aromatic carbocycles. The predicted octanol–water partition coefficient (Wildman–Crippen LogP) is 0.283. The second-order valence-electron chi connectivity index (χ2n) is 4.47. The number of carboxylic acid groups (broad SMARTS) is 2. The van der Waals surface area contributed by atoms with Gasteiger partial charge in [0.25, 0.3) is 0 Å². The van der Waals surface area contributed by atoms with Crippen LogP contribution in [0.25, 0.3) is 0 Å². The van der Waals surface area contributed by atoms with Crippen LogP contribution in [-0.2, 0) is 9.59 Å². The van der Waals surface area contributed by atoms with Crippen LogP contribution < -0.4 is 5.32 Å². The van der Waals surface area contributed by atoms with Gasteiger partial charge in [0, 0.05) is 12.2 Å². The highest BCUT2D eigenvalue weighted by Crippen LogP contribution is 2.31. The molecule has 1 heterocycles. The normalized spacial score (nSPS) is 25.6. The lowest BCUT2D eigenvalue weighted by Gasteiger charge is -2.23. The zero-order valence-electron chi connectivity index (χ0n) is 10.3. The summed E-state index contributed by atoms with van der Waals surface area (Å²) in [4.78, 5) is 19.1. The quantitative estimate of drug-likeness (QED) is 0.616. The molecule has 2 unspecified atom stereocenters. The number of hydrogen-bond acceptors (Lipinski definition) is 3. The van der Waals surface area contributed by atoms with Crippen molar-refractivity contribution in [2.75, 3.05) is 13.1 Å². The number of aliphatic carboxylic acids is 2. The van der Waals surface area contributed by atoms with Crippen LogP contribution in [0.3, 0.4) is 0 Å². The first-order valence-electron chi connectivity index (χ1n) is 5.94. The summed E-state index contributed by atoms with van der Waals surface area (Å²) in [6.07, 6.45) is 7.09. The Bertz CT molecular complexity index is 275. The highest BCUT2D eigenvalue weighted by molar-refractivity contribution is 5.89. The van der Waals surface area contributed by atoms with Crippen LogP contribution in [0.5, 0.6) is 0 Å². The fourth-order valence-electron chi connectivity index (χ4n) is 2.42. The van der Waals surface area contributed by atoms with Gasteiger partial charge in [-0.05, 0) is 37.8 Å². The zero-order chi connectivity index (χ0) is 12.7. The average molecular weight is 259 g/mol. The fourth-order valence-corrected chi connectivity index (χ4v) is 2.42. The maximum absolute atomic E-state index is 9.55. The Morgan fingerprint density at radius 2 is 1.33 bits per heavy atom. The van der Waals surface area contributed by atoms with Crippen molar-refractivity contribution in [3.63, 3.8) is 0 Å². The van der Waals surface area contributed by atoms with Crippen LogP contribution in [0.1, 0.15) is 25.7 Å². The van der Waals surface area contributed by atoms with Crippen LogP contribution in [0.15, 0.2) is 12.2 Å². The number of fused-ring (bicyclic) bond motifs is 1. The minimum Gasteiger partial charge on any atom is -0.478 e. The molecule has 5 N–H and O–H groups in total. The minimum absolute atomic E-state index is 0. The Labute approximate surface area is 106 Å². The summed E-state index contributed by atoms with van der Waals surface area (Å²) in [7, 11) is 0. The van der Waals surface area contributed by atoms with Gasteiger partial charge in [-0.1, -0.05) is 12.8 Å². The summed E-state index contributed by atoms with van der Waals surface area (Å²) in [6.45, 7) is 2.62. The lowest BCUT2D eigenvalue weighted by Crippen LogP contribution is -2.16. The minimum atomic E-state index is -1.26. The first-order valence-corrected chi connectivity index (χ1v) is 5.94. The summed E-state index contributed by atoms with van der Waals surface area (Å²) in [5, 5.41) is 19.1. The summed E-state index contributed by atoms with van der Waals surface area (Å²) in [5.41, 5.74) is 0. The first-order chi connectivity index (χ1) is 8.09. The molecule has 6 heteroatoms. The van der Waals surface area contributed by atoms with E-state index in [9.17, 15) is 9.59 Å². The molecular formula is C12H21NO5. The van der Waals surface area contributed by atoms with Crippen molar-refractivity contribution < 1.29 is 25.3 Å². The topological polar surface area (TPSA) is 118 Å². The van der Waals surface area contributed by atoms with Crippen LogP contribution in [0.4, 0.5) is 0 Å². The van der Waals surface area contributed by atoms with Crippen molar-refractivity contribution in [1.29, 1.82) is 0 Å². The number of rotatable bonds is 2. The van der Waals surface area contributed by atoms with Crippen molar-refractivity contribution in [1.82, 2.24) is 5.32 Å². The van der Waals surface area contributed by atoms with E-state index in [-0.39, 0.29) is 5.48 Å². The molecule has 6 nitrogen and oxygen atoms in total. The smallest absolute Gasteiger partial charge is 0.328 e.